The fraction of sp³-hybridized carbons (Fsp3) is 0.500. The van der Waals surface area contributed by atoms with Gasteiger partial charge < -0.3 is 9.15 Å². The Hall–Kier alpha value is -1.73. The number of carbonyl (C=O) groups is 1. The van der Waals surface area contributed by atoms with Crippen LogP contribution in [0, 0.1) is 0 Å². The zero-order valence-electron chi connectivity index (χ0n) is 15.1. The number of carbonyl (C=O) groups excluding carboxylic acids is 1. The smallest absolute Gasteiger partial charge is 0.410 e. The van der Waals surface area contributed by atoms with Crippen LogP contribution in [0.15, 0.2) is 33.9 Å². The standard InChI is InChI=1S/C18H22ClN3O3S/c1-18(2,3)25-17(23)22-10-6-9-14(22)15-20-21-16(24-15)26-11-12-7-4-5-8-13(12)19/h4-5,7-8,14H,6,9-11H2,1-3H3/t14-/m0/s1. The molecule has 0 unspecified atom stereocenters. The van der Waals surface area contributed by atoms with Gasteiger partial charge in [-0.2, -0.15) is 0 Å². The largest absolute Gasteiger partial charge is 0.444 e. The van der Waals surface area contributed by atoms with Crippen LogP contribution in [0.3, 0.4) is 0 Å². The van der Waals surface area contributed by atoms with E-state index in [4.69, 9.17) is 20.8 Å². The highest BCUT2D eigenvalue weighted by molar-refractivity contribution is 7.98. The number of hydrogen-bond donors (Lipinski definition) is 0. The van der Waals surface area contributed by atoms with E-state index in [9.17, 15) is 4.79 Å². The molecule has 2 aromatic rings. The molecule has 1 saturated heterocycles. The molecule has 3 rings (SSSR count). The van der Waals surface area contributed by atoms with E-state index in [1.165, 1.54) is 11.8 Å². The van der Waals surface area contributed by atoms with Gasteiger partial charge in [-0.05, 0) is 45.2 Å². The summed E-state index contributed by atoms with van der Waals surface area (Å²) in [6.07, 6.45) is 1.33. The molecule has 0 aliphatic carbocycles. The molecule has 0 N–H and O–H groups in total. The number of aromatic nitrogens is 2. The van der Waals surface area contributed by atoms with E-state index in [0.717, 1.165) is 18.4 Å². The summed E-state index contributed by atoms with van der Waals surface area (Å²) in [4.78, 5) is 14.1. The van der Waals surface area contributed by atoms with Gasteiger partial charge in [-0.15, -0.1) is 10.2 Å². The number of benzene rings is 1. The van der Waals surface area contributed by atoms with E-state index in [1.807, 2.05) is 45.0 Å². The van der Waals surface area contributed by atoms with Crippen LogP contribution in [0.2, 0.25) is 5.02 Å². The molecule has 0 spiro atoms. The van der Waals surface area contributed by atoms with Gasteiger partial charge >= 0.3 is 6.09 Å². The predicted octanol–water partition coefficient (Wildman–Crippen LogP) is 5.09. The minimum atomic E-state index is -0.533. The van der Waals surface area contributed by atoms with E-state index in [-0.39, 0.29) is 12.1 Å². The van der Waals surface area contributed by atoms with Crippen molar-refractivity contribution in [3.05, 3.63) is 40.7 Å². The third-order valence-electron chi connectivity index (χ3n) is 3.90. The van der Waals surface area contributed by atoms with Gasteiger partial charge in [-0.25, -0.2) is 4.79 Å². The van der Waals surface area contributed by atoms with Gasteiger partial charge in [-0.1, -0.05) is 41.6 Å². The molecule has 0 bridgehead atoms. The summed E-state index contributed by atoms with van der Waals surface area (Å²) in [5, 5.41) is 9.42. The highest BCUT2D eigenvalue weighted by Crippen LogP contribution is 2.34. The van der Waals surface area contributed by atoms with Gasteiger partial charge in [0.2, 0.25) is 5.89 Å². The van der Waals surface area contributed by atoms with Crippen LogP contribution in [0.1, 0.15) is 51.1 Å². The molecule has 1 aromatic heterocycles. The number of halogens is 1. The summed E-state index contributed by atoms with van der Waals surface area (Å²) >= 11 is 7.60. The molecule has 1 fully saturated rings. The SMILES string of the molecule is CC(C)(C)OC(=O)N1CCC[C@H]1c1nnc(SCc2ccccc2Cl)o1. The van der Waals surface area contributed by atoms with E-state index >= 15 is 0 Å². The topological polar surface area (TPSA) is 68.5 Å². The molecule has 1 aliphatic heterocycles. The monoisotopic (exact) mass is 395 g/mol. The second-order valence-corrected chi connectivity index (χ2v) is 8.45. The molecule has 140 valence electrons. The van der Waals surface area contributed by atoms with Gasteiger partial charge in [0.1, 0.15) is 11.6 Å². The Bertz CT molecular complexity index is 775. The zero-order valence-corrected chi connectivity index (χ0v) is 16.6. The van der Waals surface area contributed by atoms with Crippen molar-refractivity contribution in [1.82, 2.24) is 15.1 Å². The molecule has 0 saturated carbocycles. The van der Waals surface area contributed by atoms with E-state index < -0.39 is 5.60 Å². The minimum absolute atomic E-state index is 0.230. The predicted molar refractivity (Wildman–Crippen MR) is 100 cm³/mol. The van der Waals surface area contributed by atoms with Crippen LogP contribution in [-0.2, 0) is 10.5 Å². The first-order chi connectivity index (χ1) is 12.3. The lowest BCUT2D eigenvalue weighted by Crippen LogP contribution is -2.36. The van der Waals surface area contributed by atoms with Gasteiger partial charge in [0.15, 0.2) is 0 Å². The Balaban J connectivity index is 1.65. The molecule has 26 heavy (non-hydrogen) atoms. The first-order valence-corrected chi connectivity index (χ1v) is 9.89. The van der Waals surface area contributed by atoms with Crippen LogP contribution < -0.4 is 0 Å². The number of thioether (sulfide) groups is 1. The third-order valence-corrected chi connectivity index (χ3v) is 5.13. The molecular weight excluding hydrogens is 374 g/mol. The number of nitrogens with zero attached hydrogens (tertiary/aromatic N) is 3. The highest BCUT2D eigenvalue weighted by Gasteiger charge is 2.36. The lowest BCUT2D eigenvalue weighted by molar-refractivity contribution is 0.0201. The van der Waals surface area contributed by atoms with Crippen molar-refractivity contribution in [2.24, 2.45) is 0 Å². The van der Waals surface area contributed by atoms with Crippen LogP contribution in [0.25, 0.3) is 0 Å². The average molecular weight is 396 g/mol. The van der Waals surface area contributed by atoms with Gasteiger partial charge in [0.05, 0.1) is 0 Å². The van der Waals surface area contributed by atoms with Crippen molar-refractivity contribution in [1.29, 1.82) is 0 Å². The van der Waals surface area contributed by atoms with Gasteiger partial charge in [-0.3, -0.25) is 4.90 Å². The maximum Gasteiger partial charge on any atom is 0.410 e. The molecule has 1 atom stereocenters. The van der Waals surface area contributed by atoms with Crippen molar-refractivity contribution >= 4 is 29.5 Å². The number of amides is 1. The Kier molecular flexibility index (Phi) is 5.77. The van der Waals surface area contributed by atoms with Gasteiger partial charge in [0, 0.05) is 17.3 Å². The second-order valence-electron chi connectivity index (χ2n) is 7.12. The molecule has 8 heteroatoms. The third kappa shape index (κ3) is 4.71. The number of likely N-dealkylation sites (tertiary alicyclic amines) is 1. The number of ether oxygens (including phenoxy) is 1. The lowest BCUT2D eigenvalue weighted by Gasteiger charge is -2.27. The molecule has 0 radical (unpaired) electrons. The van der Waals surface area contributed by atoms with Crippen LogP contribution in [-0.4, -0.2) is 33.3 Å². The van der Waals surface area contributed by atoms with Crippen LogP contribution in [0.4, 0.5) is 4.79 Å². The fourth-order valence-corrected chi connectivity index (χ4v) is 3.79. The molecular formula is C18H22ClN3O3S. The van der Waals surface area contributed by atoms with Crippen molar-refractivity contribution in [2.75, 3.05) is 6.54 Å². The van der Waals surface area contributed by atoms with E-state index in [2.05, 4.69) is 10.2 Å². The maximum atomic E-state index is 12.4. The quantitative estimate of drug-likeness (QED) is 0.672. The summed E-state index contributed by atoms with van der Waals surface area (Å²) in [7, 11) is 0. The number of hydrogen-bond acceptors (Lipinski definition) is 6. The van der Waals surface area contributed by atoms with Crippen molar-refractivity contribution in [3.63, 3.8) is 0 Å². The Morgan fingerprint density at radius 1 is 1.38 bits per heavy atom. The Labute approximate surface area is 162 Å². The molecule has 6 nitrogen and oxygen atoms in total. The van der Waals surface area contributed by atoms with E-state index in [0.29, 0.717) is 28.4 Å². The molecule has 1 aliphatic rings. The first kappa shape index (κ1) is 19.0. The zero-order chi connectivity index (χ0) is 18.7. The summed E-state index contributed by atoms with van der Waals surface area (Å²) in [5.74, 6) is 1.09. The second kappa shape index (κ2) is 7.88. The first-order valence-electron chi connectivity index (χ1n) is 8.53. The van der Waals surface area contributed by atoms with Crippen molar-refractivity contribution in [2.45, 2.75) is 56.2 Å². The normalized spacial score (nSPS) is 17.5. The average Bonchev–Trinajstić information content (AvgIpc) is 3.21. The summed E-state index contributed by atoms with van der Waals surface area (Å²) in [6, 6.07) is 7.43. The molecule has 2 heterocycles. The number of rotatable bonds is 4. The molecule has 1 aromatic carbocycles. The summed E-state index contributed by atoms with van der Waals surface area (Å²) in [6.45, 7) is 6.19. The maximum absolute atomic E-state index is 12.4. The highest BCUT2D eigenvalue weighted by atomic mass is 35.5. The fourth-order valence-electron chi connectivity index (χ4n) is 2.73. The Morgan fingerprint density at radius 2 is 2.15 bits per heavy atom. The van der Waals surface area contributed by atoms with Crippen molar-refractivity contribution < 1.29 is 13.9 Å². The van der Waals surface area contributed by atoms with E-state index in [1.54, 1.807) is 4.90 Å². The lowest BCUT2D eigenvalue weighted by atomic mass is 10.2. The minimum Gasteiger partial charge on any atom is -0.444 e. The Morgan fingerprint density at radius 3 is 2.88 bits per heavy atom. The van der Waals surface area contributed by atoms with Gasteiger partial charge in [0.25, 0.3) is 5.22 Å². The van der Waals surface area contributed by atoms with Crippen LogP contribution in [0.5, 0.6) is 0 Å². The summed E-state index contributed by atoms with van der Waals surface area (Å²) in [5.41, 5.74) is 0.477. The molecule has 1 amide bonds. The van der Waals surface area contributed by atoms with Crippen LogP contribution >= 0.6 is 23.4 Å². The van der Waals surface area contributed by atoms with Crippen molar-refractivity contribution in [3.8, 4) is 0 Å². The summed E-state index contributed by atoms with van der Waals surface area (Å²) < 4.78 is 11.3.